The molecule has 1 rings (SSSR count). The van der Waals surface area contributed by atoms with E-state index in [1.165, 1.54) is 6.92 Å². The molecule has 1 amide bonds. The van der Waals surface area contributed by atoms with Crippen molar-refractivity contribution >= 4 is 27.4 Å². The molecule has 2 N–H and O–H groups in total. The first-order chi connectivity index (χ1) is 9.16. The number of nitrogens with one attached hydrogen (secondary N) is 1. The number of aliphatic carboxylic acids is 1. The summed E-state index contributed by atoms with van der Waals surface area (Å²) in [6.07, 6.45) is 0. The van der Waals surface area contributed by atoms with Gasteiger partial charge in [0, 0.05) is 5.69 Å². The number of alkyl halides is 2. The molecule has 6 nitrogen and oxygen atoms in total. The fraction of sp³-hybridized carbons (Fsp3) is 0.273. The van der Waals surface area contributed by atoms with E-state index >= 15 is 0 Å². The van der Waals surface area contributed by atoms with Gasteiger partial charge in [0.2, 0.25) is 15.7 Å². The van der Waals surface area contributed by atoms with E-state index in [4.69, 9.17) is 5.11 Å². The Bertz CT molecular complexity index is 612. The molecule has 1 unspecified atom stereocenters. The normalized spacial score (nSPS) is 13.0. The van der Waals surface area contributed by atoms with Gasteiger partial charge in [0.15, 0.2) is 0 Å². The Balaban J connectivity index is 2.88. The number of carbonyl (C=O) groups excluding carboxylic acids is 1. The lowest BCUT2D eigenvalue weighted by Gasteiger charge is -2.09. The van der Waals surface area contributed by atoms with Gasteiger partial charge in [0.05, 0.1) is 4.90 Å². The van der Waals surface area contributed by atoms with Crippen LogP contribution in [0.5, 0.6) is 0 Å². The Morgan fingerprint density at radius 3 is 2.10 bits per heavy atom. The highest BCUT2D eigenvalue weighted by molar-refractivity contribution is 7.91. The lowest BCUT2D eigenvalue weighted by atomic mass is 10.1. The lowest BCUT2D eigenvalue weighted by Crippen LogP contribution is -2.26. The monoisotopic (exact) mass is 307 g/mol. The Hall–Kier alpha value is -2.03. The summed E-state index contributed by atoms with van der Waals surface area (Å²) in [6, 6.07) is 4.01. The number of hydrogen-bond acceptors (Lipinski definition) is 4. The van der Waals surface area contributed by atoms with Gasteiger partial charge in [-0.25, -0.2) is 8.42 Å². The third-order valence-corrected chi connectivity index (χ3v) is 3.85. The summed E-state index contributed by atoms with van der Waals surface area (Å²) >= 11 is 0. The average Bonchev–Trinajstić information content (AvgIpc) is 2.38. The Morgan fingerprint density at radius 2 is 1.70 bits per heavy atom. The first-order valence-electron chi connectivity index (χ1n) is 5.32. The van der Waals surface area contributed by atoms with Gasteiger partial charge in [-0.2, -0.15) is 8.78 Å². The highest BCUT2D eigenvalue weighted by atomic mass is 32.2. The zero-order chi connectivity index (χ0) is 15.5. The zero-order valence-electron chi connectivity index (χ0n) is 10.2. The minimum atomic E-state index is -4.69. The van der Waals surface area contributed by atoms with E-state index in [0.29, 0.717) is 0 Å². The van der Waals surface area contributed by atoms with Crippen molar-refractivity contribution < 1.29 is 31.9 Å². The Labute approximate surface area is 113 Å². The van der Waals surface area contributed by atoms with E-state index in [-0.39, 0.29) is 5.69 Å². The molecular formula is C11H11F2NO5S. The standard InChI is InChI=1S/C11H11F2NO5S/c1-6(10(16)17)9(15)14-7-2-4-8(5-3-7)20(18,19)11(12)13/h2-6,11H,1H3,(H,14,15)(H,16,17). The molecule has 1 aromatic rings. The van der Waals surface area contributed by atoms with Crippen molar-refractivity contribution in [3.63, 3.8) is 0 Å². The van der Waals surface area contributed by atoms with E-state index in [9.17, 15) is 26.8 Å². The van der Waals surface area contributed by atoms with Crippen LogP contribution in [0.1, 0.15) is 6.92 Å². The maximum atomic E-state index is 12.3. The number of carboxylic acid groups (broad SMARTS) is 1. The van der Waals surface area contributed by atoms with Crippen molar-refractivity contribution in [2.75, 3.05) is 5.32 Å². The maximum Gasteiger partial charge on any atom is 0.341 e. The second-order valence-electron chi connectivity index (χ2n) is 3.88. The van der Waals surface area contributed by atoms with Crippen molar-refractivity contribution in [3.8, 4) is 0 Å². The van der Waals surface area contributed by atoms with Crippen LogP contribution in [0.4, 0.5) is 14.5 Å². The van der Waals surface area contributed by atoms with Gasteiger partial charge in [-0.3, -0.25) is 9.59 Å². The predicted molar refractivity (Wildman–Crippen MR) is 65.1 cm³/mol. The molecule has 20 heavy (non-hydrogen) atoms. The number of amides is 1. The van der Waals surface area contributed by atoms with Gasteiger partial charge < -0.3 is 10.4 Å². The van der Waals surface area contributed by atoms with E-state index in [0.717, 1.165) is 24.3 Å². The highest BCUT2D eigenvalue weighted by Crippen LogP contribution is 2.20. The Morgan fingerprint density at radius 1 is 1.20 bits per heavy atom. The van der Waals surface area contributed by atoms with E-state index < -0.39 is 38.3 Å². The summed E-state index contributed by atoms with van der Waals surface area (Å²) in [7, 11) is -4.69. The van der Waals surface area contributed by atoms with Crippen LogP contribution in [0, 0.1) is 5.92 Å². The zero-order valence-corrected chi connectivity index (χ0v) is 11.0. The Kier molecular flexibility index (Phi) is 4.77. The number of halogens is 2. The van der Waals surface area contributed by atoms with Crippen molar-refractivity contribution in [1.29, 1.82) is 0 Å². The largest absolute Gasteiger partial charge is 0.481 e. The third-order valence-electron chi connectivity index (χ3n) is 2.45. The van der Waals surface area contributed by atoms with E-state index in [1.54, 1.807) is 0 Å². The van der Waals surface area contributed by atoms with Gasteiger partial charge in [-0.1, -0.05) is 0 Å². The number of carboxylic acids is 1. The molecule has 0 fully saturated rings. The van der Waals surface area contributed by atoms with Gasteiger partial charge in [-0.05, 0) is 31.2 Å². The fourth-order valence-corrected chi connectivity index (χ4v) is 1.91. The average molecular weight is 307 g/mol. The molecule has 0 bridgehead atoms. The third kappa shape index (κ3) is 3.50. The first kappa shape index (κ1) is 16.0. The van der Waals surface area contributed by atoms with Crippen LogP contribution in [0.2, 0.25) is 0 Å². The molecule has 1 aromatic carbocycles. The summed E-state index contributed by atoms with van der Waals surface area (Å²) < 4.78 is 46.9. The minimum Gasteiger partial charge on any atom is -0.481 e. The van der Waals surface area contributed by atoms with Crippen molar-refractivity contribution in [2.24, 2.45) is 5.92 Å². The molecule has 9 heteroatoms. The van der Waals surface area contributed by atoms with Gasteiger partial charge in [-0.15, -0.1) is 0 Å². The van der Waals surface area contributed by atoms with Crippen LogP contribution in [0.15, 0.2) is 29.2 Å². The molecule has 110 valence electrons. The van der Waals surface area contributed by atoms with Crippen molar-refractivity contribution in [2.45, 2.75) is 17.6 Å². The van der Waals surface area contributed by atoms with E-state index in [1.807, 2.05) is 0 Å². The predicted octanol–water partition coefficient (Wildman–Crippen LogP) is 1.34. The molecule has 0 saturated carbocycles. The fourth-order valence-electron chi connectivity index (χ4n) is 1.19. The van der Waals surface area contributed by atoms with Gasteiger partial charge in [0.1, 0.15) is 5.92 Å². The van der Waals surface area contributed by atoms with Crippen LogP contribution < -0.4 is 5.32 Å². The smallest absolute Gasteiger partial charge is 0.341 e. The molecule has 0 spiro atoms. The second-order valence-corrected chi connectivity index (χ2v) is 5.80. The van der Waals surface area contributed by atoms with Crippen LogP contribution in [0.3, 0.4) is 0 Å². The summed E-state index contributed by atoms with van der Waals surface area (Å²) in [5.74, 6) is -6.95. The molecule has 0 aromatic heterocycles. The SMILES string of the molecule is CC(C(=O)O)C(=O)Nc1ccc(S(=O)(=O)C(F)F)cc1. The molecule has 0 aliphatic rings. The van der Waals surface area contributed by atoms with Crippen molar-refractivity contribution in [1.82, 2.24) is 0 Å². The lowest BCUT2D eigenvalue weighted by molar-refractivity contribution is -0.144. The number of hydrogen-bond donors (Lipinski definition) is 2. The molecular weight excluding hydrogens is 296 g/mol. The highest BCUT2D eigenvalue weighted by Gasteiger charge is 2.26. The number of rotatable bonds is 5. The van der Waals surface area contributed by atoms with Gasteiger partial charge in [0.25, 0.3) is 0 Å². The second kappa shape index (κ2) is 5.95. The molecule has 0 aliphatic carbocycles. The maximum absolute atomic E-state index is 12.3. The number of anilines is 1. The molecule has 0 saturated heterocycles. The first-order valence-corrected chi connectivity index (χ1v) is 6.86. The number of benzene rings is 1. The van der Waals surface area contributed by atoms with Crippen LogP contribution in [-0.4, -0.2) is 31.2 Å². The van der Waals surface area contributed by atoms with Crippen LogP contribution >= 0.6 is 0 Å². The summed E-state index contributed by atoms with van der Waals surface area (Å²) in [5.41, 5.74) is 0.108. The minimum absolute atomic E-state index is 0.108. The van der Waals surface area contributed by atoms with Crippen LogP contribution in [0.25, 0.3) is 0 Å². The molecule has 0 aliphatic heterocycles. The van der Waals surface area contributed by atoms with Crippen molar-refractivity contribution in [3.05, 3.63) is 24.3 Å². The quantitative estimate of drug-likeness (QED) is 0.800. The summed E-state index contributed by atoms with van der Waals surface area (Å²) in [4.78, 5) is 21.4. The molecule has 0 radical (unpaired) electrons. The topological polar surface area (TPSA) is 101 Å². The number of sulfone groups is 1. The number of carbonyl (C=O) groups is 2. The summed E-state index contributed by atoms with van der Waals surface area (Å²) in [5, 5.41) is 10.8. The van der Waals surface area contributed by atoms with Gasteiger partial charge >= 0.3 is 11.7 Å². The molecule has 1 atom stereocenters. The van der Waals surface area contributed by atoms with Crippen LogP contribution in [-0.2, 0) is 19.4 Å². The van der Waals surface area contributed by atoms with E-state index in [2.05, 4.69) is 5.32 Å². The summed E-state index contributed by atoms with van der Waals surface area (Å²) in [6.45, 7) is 1.17. The molecule has 0 heterocycles.